The number of halogens is 2. The van der Waals surface area contributed by atoms with E-state index in [1.54, 1.807) is 12.0 Å². The first-order valence-corrected chi connectivity index (χ1v) is 8.00. The molecule has 0 N–H and O–H groups in total. The van der Waals surface area contributed by atoms with Crippen LogP contribution in [0.2, 0.25) is 0 Å². The maximum atomic E-state index is 13.5. The molecule has 0 radical (unpaired) electrons. The molecular formula is C19H19F2NO2. The minimum absolute atomic E-state index is 0.0885. The van der Waals surface area contributed by atoms with Gasteiger partial charge in [0, 0.05) is 12.1 Å². The standard InChI is InChI=1S/C19H19F2NO2/c1-24-15-6-4-5-13(11-15)18-7-2-3-10-22(18)19(23)14-8-9-16(20)17(21)12-14/h4-6,8-9,11-12,18H,2-3,7,10H2,1H3/t18-/m0/s1. The summed E-state index contributed by atoms with van der Waals surface area (Å²) >= 11 is 0. The van der Waals surface area contributed by atoms with E-state index in [1.165, 1.54) is 6.07 Å². The van der Waals surface area contributed by atoms with Gasteiger partial charge in [-0.15, -0.1) is 0 Å². The SMILES string of the molecule is COc1cccc([C@@H]2CCCCN2C(=O)c2ccc(F)c(F)c2)c1. The third kappa shape index (κ3) is 3.25. The van der Waals surface area contributed by atoms with E-state index in [2.05, 4.69) is 0 Å². The van der Waals surface area contributed by atoms with Crippen molar-refractivity contribution in [1.29, 1.82) is 0 Å². The fraction of sp³-hybridized carbons (Fsp3) is 0.316. The Kier molecular flexibility index (Phi) is 4.79. The van der Waals surface area contributed by atoms with Crippen molar-refractivity contribution in [3.63, 3.8) is 0 Å². The number of amides is 1. The lowest BCUT2D eigenvalue weighted by Gasteiger charge is -2.36. The molecule has 0 unspecified atom stereocenters. The number of methoxy groups -OCH3 is 1. The molecule has 1 fully saturated rings. The molecule has 24 heavy (non-hydrogen) atoms. The summed E-state index contributed by atoms with van der Waals surface area (Å²) in [7, 11) is 1.60. The molecule has 2 aromatic carbocycles. The molecule has 1 aliphatic heterocycles. The number of carbonyl (C=O) groups is 1. The molecule has 1 saturated heterocycles. The van der Waals surface area contributed by atoms with E-state index in [-0.39, 0.29) is 17.5 Å². The number of piperidine rings is 1. The van der Waals surface area contributed by atoms with E-state index < -0.39 is 11.6 Å². The Bertz CT molecular complexity index is 748. The summed E-state index contributed by atoms with van der Waals surface area (Å²) < 4.78 is 31.8. The normalized spacial score (nSPS) is 17.6. The molecular weight excluding hydrogens is 312 g/mol. The number of benzene rings is 2. The maximum Gasteiger partial charge on any atom is 0.254 e. The summed E-state index contributed by atoms with van der Waals surface area (Å²) in [5, 5.41) is 0. The van der Waals surface area contributed by atoms with Crippen LogP contribution in [0.4, 0.5) is 8.78 Å². The van der Waals surface area contributed by atoms with Crippen LogP contribution in [0.1, 0.15) is 41.2 Å². The zero-order valence-electron chi connectivity index (χ0n) is 13.5. The van der Waals surface area contributed by atoms with Crippen molar-refractivity contribution in [3.05, 3.63) is 65.2 Å². The molecule has 1 heterocycles. The molecule has 3 rings (SSSR count). The number of carbonyl (C=O) groups excluding carboxylic acids is 1. The van der Waals surface area contributed by atoms with Gasteiger partial charge in [0.2, 0.25) is 0 Å². The van der Waals surface area contributed by atoms with Crippen LogP contribution >= 0.6 is 0 Å². The van der Waals surface area contributed by atoms with Crippen molar-refractivity contribution in [1.82, 2.24) is 4.90 Å². The third-order valence-electron chi connectivity index (χ3n) is 4.41. The van der Waals surface area contributed by atoms with Gasteiger partial charge in [-0.25, -0.2) is 8.78 Å². The lowest BCUT2D eigenvalue weighted by Crippen LogP contribution is -2.38. The van der Waals surface area contributed by atoms with Gasteiger partial charge in [-0.1, -0.05) is 12.1 Å². The zero-order chi connectivity index (χ0) is 17.1. The van der Waals surface area contributed by atoms with Crippen LogP contribution in [0.5, 0.6) is 5.75 Å². The molecule has 0 aliphatic carbocycles. The first-order valence-electron chi connectivity index (χ1n) is 8.00. The van der Waals surface area contributed by atoms with E-state index >= 15 is 0 Å². The molecule has 0 saturated carbocycles. The van der Waals surface area contributed by atoms with E-state index in [4.69, 9.17) is 4.74 Å². The predicted molar refractivity (Wildman–Crippen MR) is 87.0 cm³/mol. The second-order valence-electron chi connectivity index (χ2n) is 5.92. The fourth-order valence-corrected chi connectivity index (χ4v) is 3.16. The van der Waals surface area contributed by atoms with E-state index in [1.807, 2.05) is 24.3 Å². The Balaban J connectivity index is 1.91. The summed E-state index contributed by atoms with van der Waals surface area (Å²) in [5.41, 5.74) is 1.16. The number of hydrogen-bond acceptors (Lipinski definition) is 2. The number of ether oxygens (including phenoxy) is 1. The summed E-state index contributed by atoms with van der Waals surface area (Å²) in [6, 6.07) is 10.8. The summed E-state index contributed by atoms with van der Waals surface area (Å²) in [6.07, 6.45) is 2.75. The number of rotatable bonds is 3. The topological polar surface area (TPSA) is 29.5 Å². The van der Waals surface area contributed by atoms with Crippen LogP contribution in [0, 0.1) is 11.6 Å². The van der Waals surface area contributed by atoms with Crippen molar-refractivity contribution in [2.75, 3.05) is 13.7 Å². The Morgan fingerprint density at radius 3 is 2.71 bits per heavy atom. The molecule has 0 spiro atoms. The zero-order valence-corrected chi connectivity index (χ0v) is 13.5. The van der Waals surface area contributed by atoms with Crippen LogP contribution in [0.15, 0.2) is 42.5 Å². The highest BCUT2D eigenvalue weighted by molar-refractivity contribution is 5.94. The van der Waals surface area contributed by atoms with Gasteiger partial charge in [0.15, 0.2) is 11.6 Å². The van der Waals surface area contributed by atoms with Crippen molar-refractivity contribution >= 4 is 5.91 Å². The van der Waals surface area contributed by atoms with Crippen molar-refractivity contribution < 1.29 is 18.3 Å². The molecule has 1 aliphatic rings. The van der Waals surface area contributed by atoms with Gasteiger partial charge in [0.1, 0.15) is 5.75 Å². The third-order valence-corrected chi connectivity index (χ3v) is 4.41. The van der Waals surface area contributed by atoms with Gasteiger partial charge in [-0.05, 0) is 55.2 Å². The fourth-order valence-electron chi connectivity index (χ4n) is 3.16. The van der Waals surface area contributed by atoms with E-state index in [9.17, 15) is 13.6 Å². The second-order valence-corrected chi connectivity index (χ2v) is 5.92. The van der Waals surface area contributed by atoms with Gasteiger partial charge in [-0.2, -0.15) is 0 Å². The van der Waals surface area contributed by atoms with Crippen LogP contribution in [0.3, 0.4) is 0 Å². The highest BCUT2D eigenvalue weighted by Crippen LogP contribution is 2.33. The highest BCUT2D eigenvalue weighted by Gasteiger charge is 2.29. The molecule has 1 atom stereocenters. The number of hydrogen-bond donors (Lipinski definition) is 0. The van der Waals surface area contributed by atoms with Crippen LogP contribution in [-0.4, -0.2) is 24.5 Å². The first-order chi connectivity index (χ1) is 11.6. The van der Waals surface area contributed by atoms with E-state index in [0.29, 0.717) is 6.54 Å². The Hall–Kier alpha value is -2.43. The first kappa shape index (κ1) is 16.4. The molecule has 0 aromatic heterocycles. The Labute approximate surface area is 139 Å². The quantitative estimate of drug-likeness (QED) is 0.837. The molecule has 5 heteroatoms. The molecule has 1 amide bonds. The van der Waals surface area contributed by atoms with Gasteiger partial charge >= 0.3 is 0 Å². The molecule has 3 nitrogen and oxygen atoms in total. The van der Waals surface area contributed by atoms with Gasteiger partial charge in [0.05, 0.1) is 13.2 Å². The van der Waals surface area contributed by atoms with Crippen molar-refractivity contribution in [3.8, 4) is 5.75 Å². The molecule has 2 aromatic rings. The maximum absolute atomic E-state index is 13.5. The number of likely N-dealkylation sites (tertiary alicyclic amines) is 1. The van der Waals surface area contributed by atoms with Gasteiger partial charge in [-0.3, -0.25) is 4.79 Å². The van der Waals surface area contributed by atoms with Gasteiger partial charge < -0.3 is 9.64 Å². The average molecular weight is 331 g/mol. The van der Waals surface area contributed by atoms with Crippen molar-refractivity contribution in [2.45, 2.75) is 25.3 Å². The Morgan fingerprint density at radius 2 is 1.96 bits per heavy atom. The summed E-state index contributed by atoms with van der Waals surface area (Å²) in [5.74, 6) is -1.50. The largest absolute Gasteiger partial charge is 0.497 e. The minimum Gasteiger partial charge on any atom is -0.497 e. The highest BCUT2D eigenvalue weighted by atomic mass is 19.2. The van der Waals surface area contributed by atoms with Crippen LogP contribution < -0.4 is 4.74 Å². The minimum atomic E-state index is -1.00. The van der Waals surface area contributed by atoms with E-state index in [0.717, 1.165) is 42.7 Å². The lowest BCUT2D eigenvalue weighted by atomic mass is 9.94. The average Bonchev–Trinajstić information content (AvgIpc) is 2.63. The number of nitrogens with zero attached hydrogens (tertiary/aromatic N) is 1. The smallest absolute Gasteiger partial charge is 0.254 e. The van der Waals surface area contributed by atoms with Crippen molar-refractivity contribution in [2.24, 2.45) is 0 Å². The lowest BCUT2D eigenvalue weighted by molar-refractivity contribution is 0.0610. The predicted octanol–water partition coefficient (Wildman–Crippen LogP) is 4.34. The molecule has 126 valence electrons. The van der Waals surface area contributed by atoms with Crippen LogP contribution in [-0.2, 0) is 0 Å². The second kappa shape index (κ2) is 6.99. The van der Waals surface area contributed by atoms with Crippen LogP contribution in [0.25, 0.3) is 0 Å². The molecule has 0 bridgehead atoms. The summed E-state index contributed by atoms with van der Waals surface area (Å²) in [4.78, 5) is 14.5. The Morgan fingerprint density at radius 1 is 1.12 bits per heavy atom. The summed E-state index contributed by atoms with van der Waals surface area (Å²) in [6.45, 7) is 0.597. The monoisotopic (exact) mass is 331 g/mol. The van der Waals surface area contributed by atoms with Gasteiger partial charge in [0.25, 0.3) is 5.91 Å².